The lowest BCUT2D eigenvalue weighted by Crippen LogP contribution is -2.37. The molecule has 1 aliphatic carbocycles. The van der Waals surface area contributed by atoms with Gasteiger partial charge in [-0.05, 0) is 55.8 Å². The van der Waals surface area contributed by atoms with Crippen molar-refractivity contribution in [1.29, 1.82) is 0 Å². The highest BCUT2D eigenvalue weighted by molar-refractivity contribution is 5.33. The van der Waals surface area contributed by atoms with Crippen LogP contribution in [0.3, 0.4) is 0 Å². The van der Waals surface area contributed by atoms with Gasteiger partial charge in [-0.25, -0.2) is 8.78 Å². The number of fused-ring (bicyclic) bond motifs is 1. The summed E-state index contributed by atoms with van der Waals surface area (Å²) in [5.74, 6) is 0. The van der Waals surface area contributed by atoms with E-state index in [1.165, 1.54) is 6.20 Å². The Kier molecular flexibility index (Phi) is 2.62. The summed E-state index contributed by atoms with van der Waals surface area (Å²) in [5, 5.41) is 3.35. The largest absolute Gasteiger partial charge is 0.317 e. The molecule has 0 aromatic carbocycles. The number of hydrogen-bond acceptors (Lipinski definition) is 2. The number of piperidine rings is 1. The second kappa shape index (κ2) is 4.02. The SMILES string of the molecule is FC(F)c1cnc2c(c1)CC1(CCNCC1)C2. The molecule has 1 fully saturated rings. The third kappa shape index (κ3) is 1.95. The zero-order valence-electron chi connectivity index (χ0n) is 9.68. The average Bonchev–Trinajstić information content (AvgIpc) is 2.66. The van der Waals surface area contributed by atoms with Gasteiger partial charge in [0.2, 0.25) is 0 Å². The number of nitrogens with zero attached hydrogens (tertiary/aromatic N) is 1. The van der Waals surface area contributed by atoms with Crippen molar-refractivity contribution in [2.75, 3.05) is 13.1 Å². The number of hydrogen-bond donors (Lipinski definition) is 1. The first-order valence-electron chi connectivity index (χ1n) is 6.15. The second-order valence-corrected chi connectivity index (χ2v) is 5.28. The molecule has 1 saturated heterocycles. The Hall–Kier alpha value is -1.03. The second-order valence-electron chi connectivity index (χ2n) is 5.28. The summed E-state index contributed by atoms with van der Waals surface area (Å²) in [4.78, 5) is 4.23. The van der Waals surface area contributed by atoms with Crippen molar-refractivity contribution in [1.82, 2.24) is 10.3 Å². The van der Waals surface area contributed by atoms with Crippen LogP contribution >= 0.6 is 0 Å². The van der Waals surface area contributed by atoms with E-state index in [2.05, 4.69) is 10.3 Å². The fourth-order valence-corrected chi connectivity index (χ4v) is 3.12. The van der Waals surface area contributed by atoms with Gasteiger partial charge in [-0.3, -0.25) is 4.98 Å². The van der Waals surface area contributed by atoms with E-state index >= 15 is 0 Å². The zero-order valence-corrected chi connectivity index (χ0v) is 9.68. The molecule has 1 aromatic heterocycles. The van der Waals surface area contributed by atoms with E-state index in [0.29, 0.717) is 5.41 Å². The molecule has 1 spiro atoms. The van der Waals surface area contributed by atoms with Gasteiger partial charge < -0.3 is 5.32 Å². The van der Waals surface area contributed by atoms with E-state index in [1.54, 1.807) is 6.07 Å². The first-order valence-corrected chi connectivity index (χ1v) is 6.15. The summed E-state index contributed by atoms with van der Waals surface area (Å²) >= 11 is 0. The molecule has 92 valence electrons. The van der Waals surface area contributed by atoms with Gasteiger partial charge in [0.25, 0.3) is 6.43 Å². The Morgan fingerprint density at radius 3 is 2.71 bits per heavy atom. The van der Waals surface area contributed by atoms with Crippen molar-refractivity contribution < 1.29 is 8.78 Å². The summed E-state index contributed by atoms with van der Waals surface area (Å²) < 4.78 is 25.2. The molecular formula is C13H16F2N2. The molecule has 0 radical (unpaired) electrons. The molecule has 2 heterocycles. The maximum atomic E-state index is 12.6. The van der Waals surface area contributed by atoms with Crippen LogP contribution in [0.15, 0.2) is 12.3 Å². The Labute approximate surface area is 99.4 Å². The minimum absolute atomic E-state index is 0.0646. The van der Waals surface area contributed by atoms with Crippen molar-refractivity contribution in [3.05, 3.63) is 29.1 Å². The Morgan fingerprint density at radius 1 is 1.24 bits per heavy atom. The molecular weight excluding hydrogens is 222 g/mol. The van der Waals surface area contributed by atoms with Crippen molar-refractivity contribution in [2.24, 2.45) is 5.41 Å². The number of rotatable bonds is 1. The van der Waals surface area contributed by atoms with Crippen LogP contribution in [0.4, 0.5) is 8.78 Å². The third-order valence-electron chi connectivity index (χ3n) is 4.11. The Bertz CT molecular complexity index is 425. The summed E-state index contributed by atoms with van der Waals surface area (Å²) in [6.45, 7) is 2.07. The van der Waals surface area contributed by atoms with Crippen LogP contribution in [0.25, 0.3) is 0 Å². The molecule has 2 nitrogen and oxygen atoms in total. The van der Waals surface area contributed by atoms with Gasteiger partial charge in [-0.2, -0.15) is 0 Å². The molecule has 0 bridgehead atoms. The molecule has 1 aromatic rings. The predicted molar refractivity (Wildman–Crippen MR) is 61.1 cm³/mol. The van der Waals surface area contributed by atoms with Gasteiger partial charge in [0.15, 0.2) is 0 Å². The van der Waals surface area contributed by atoms with E-state index in [1.807, 2.05) is 0 Å². The quantitative estimate of drug-likeness (QED) is 0.813. The lowest BCUT2D eigenvalue weighted by atomic mass is 9.77. The van der Waals surface area contributed by atoms with E-state index < -0.39 is 6.43 Å². The van der Waals surface area contributed by atoms with Gasteiger partial charge >= 0.3 is 0 Å². The van der Waals surface area contributed by atoms with E-state index in [0.717, 1.165) is 50.0 Å². The van der Waals surface area contributed by atoms with Crippen LogP contribution in [0.5, 0.6) is 0 Å². The molecule has 2 aliphatic rings. The van der Waals surface area contributed by atoms with Gasteiger partial charge in [0.1, 0.15) is 0 Å². The van der Waals surface area contributed by atoms with Crippen molar-refractivity contribution in [2.45, 2.75) is 32.1 Å². The third-order valence-corrected chi connectivity index (χ3v) is 4.11. The van der Waals surface area contributed by atoms with E-state index in [-0.39, 0.29) is 5.56 Å². The number of halogens is 2. The van der Waals surface area contributed by atoms with Crippen LogP contribution in [-0.2, 0) is 12.8 Å². The predicted octanol–water partition coefficient (Wildman–Crippen LogP) is 2.49. The maximum absolute atomic E-state index is 12.6. The Morgan fingerprint density at radius 2 is 2.00 bits per heavy atom. The van der Waals surface area contributed by atoms with Gasteiger partial charge in [-0.15, -0.1) is 0 Å². The lowest BCUT2D eigenvalue weighted by molar-refractivity contribution is 0.151. The number of aromatic nitrogens is 1. The summed E-state index contributed by atoms with van der Waals surface area (Å²) in [7, 11) is 0. The van der Waals surface area contributed by atoms with Crippen LogP contribution in [0.1, 0.15) is 36.1 Å². The number of pyridine rings is 1. The van der Waals surface area contributed by atoms with E-state index in [4.69, 9.17) is 0 Å². The first kappa shape index (κ1) is 11.1. The average molecular weight is 238 g/mol. The van der Waals surface area contributed by atoms with Crippen molar-refractivity contribution in [3.8, 4) is 0 Å². The lowest BCUT2D eigenvalue weighted by Gasteiger charge is -2.33. The molecule has 3 rings (SSSR count). The van der Waals surface area contributed by atoms with Gasteiger partial charge in [-0.1, -0.05) is 0 Å². The van der Waals surface area contributed by atoms with E-state index in [9.17, 15) is 8.78 Å². The smallest absolute Gasteiger partial charge is 0.265 e. The monoisotopic (exact) mass is 238 g/mol. The van der Waals surface area contributed by atoms with Crippen molar-refractivity contribution in [3.63, 3.8) is 0 Å². The summed E-state index contributed by atoms with van der Waals surface area (Å²) in [6.07, 6.45) is 3.09. The highest BCUT2D eigenvalue weighted by Gasteiger charge is 2.39. The molecule has 0 amide bonds. The Balaban J connectivity index is 1.87. The highest BCUT2D eigenvalue weighted by atomic mass is 19.3. The van der Waals surface area contributed by atoms with Crippen LogP contribution in [0, 0.1) is 5.41 Å². The van der Waals surface area contributed by atoms with Crippen LogP contribution < -0.4 is 5.32 Å². The molecule has 17 heavy (non-hydrogen) atoms. The van der Waals surface area contributed by atoms with Crippen molar-refractivity contribution >= 4 is 0 Å². The van der Waals surface area contributed by atoms with Gasteiger partial charge in [0.05, 0.1) is 0 Å². The summed E-state index contributed by atoms with van der Waals surface area (Å²) in [6, 6.07) is 1.66. The fourth-order valence-electron chi connectivity index (χ4n) is 3.12. The minimum Gasteiger partial charge on any atom is -0.317 e. The molecule has 0 atom stereocenters. The minimum atomic E-state index is -2.41. The molecule has 4 heteroatoms. The normalized spacial score (nSPS) is 22.1. The van der Waals surface area contributed by atoms with Crippen LogP contribution in [0.2, 0.25) is 0 Å². The topological polar surface area (TPSA) is 24.9 Å². The molecule has 0 saturated carbocycles. The number of nitrogens with one attached hydrogen (secondary N) is 1. The first-order chi connectivity index (χ1) is 8.19. The number of alkyl halides is 2. The standard InChI is InChI=1S/C13H16F2N2/c14-12(15)10-5-9-6-13(1-3-16-4-2-13)7-11(9)17-8-10/h5,8,12,16H,1-4,6-7H2. The maximum Gasteiger partial charge on any atom is 0.265 e. The summed E-state index contributed by atoms with van der Waals surface area (Å²) in [5.41, 5.74) is 2.44. The highest BCUT2D eigenvalue weighted by Crippen LogP contribution is 2.43. The molecule has 0 unspecified atom stereocenters. The van der Waals surface area contributed by atoms with Gasteiger partial charge in [0, 0.05) is 17.5 Å². The zero-order chi connectivity index (χ0) is 11.9. The van der Waals surface area contributed by atoms with Crippen LogP contribution in [-0.4, -0.2) is 18.1 Å². The molecule has 1 aliphatic heterocycles. The molecule has 1 N–H and O–H groups in total. The fraction of sp³-hybridized carbons (Fsp3) is 0.615.